The highest BCUT2D eigenvalue weighted by molar-refractivity contribution is 7.91. The lowest BCUT2D eigenvalue weighted by molar-refractivity contribution is 0.216. The average molecular weight is 311 g/mol. The quantitative estimate of drug-likeness (QED) is 0.862. The number of nitrogens with zero attached hydrogens (tertiary/aromatic N) is 1. The molecule has 1 aliphatic heterocycles. The Morgan fingerprint density at radius 1 is 1.33 bits per heavy atom. The van der Waals surface area contributed by atoms with Gasteiger partial charge in [0.15, 0.2) is 9.84 Å². The van der Waals surface area contributed by atoms with Gasteiger partial charge in [0, 0.05) is 24.8 Å². The minimum absolute atomic E-state index is 0.0281. The molecule has 1 fully saturated rings. The fourth-order valence-electron chi connectivity index (χ4n) is 2.24. The van der Waals surface area contributed by atoms with Crippen molar-refractivity contribution in [2.24, 2.45) is 5.73 Å². The largest absolute Gasteiger partial charge is 0.324 e. The molecule has 1 atom stereocenters. The molecule has 21 heavy (non-hydrogen) atoms. The maximum Gasteiger partial charge on any atom is 0.321 e. The Hall–Kier alpha value is -1.60. The molecule has 2 amide bonds. The van der Waals surface area contributed by atoms with Gasteiger partial charge in [-0.3, -0.25) is 0 Å². The van der Waals surface area contributed by atoms with Crippen molar-refractivity contribution < 1.29 is 13.2 Å². The van der Waals surface area contributed by atoms with E-state index < -0.39 is 9.84 Å². The Bertz CT molecular complexity index is 614. The van der Waals surface area contributed by atoms with E-state index >= 15 is 0 Å². The van der Waals surface area contributed by atoms with Crippen molar-refractivity contribution in [2.45, 2.75) is 19.4 Å². The number of amides is 2. The second-order valence-corrected chi connectivity index (χ2v) is 7.64. The van der Waals surface area contributed by atoms with Gasteiger partial charge in [0.2, 0.25) is 0 Å². The van der Waals surface area contributed by atoms with E-state index in [1.807, 2.05) is 25.1 Å². The first kappa shape index (κ1) is 15.8. The van der Waals surface area contributed by atoms with Crippen LogP contribution in [0, 0.1) is 0 Å². The first-order chi connectivity index (χ1) is 9.87. The van der Waals surface area contributed by atoms with Crippen LogP contribution < -0.4 is 11.1 Å². The Kier molecular flexibility index (Phi) is 4.84. The van der Waals surface area contributed by atoms with Crippen LogP contribution in [-0.2, 0) is 9.84 Å². The van der Waals surface area contributed by atoms with Crippen molar-refractivity contribution in [3.8, 4) is 0 Å². The number of nitrogens with one attached hydrogen (secondary N) is 1. The number of carbonyl (C=O) groups is 1. The summed E-state index contributed by atoms with van der Waals surface area (Å²) in [6.07, 6.45) is 0.482. The SMILES string of the molecule is CC(N)c1cccc(NC(=O)N2CCCS(=O)(=O)CC2)c1. The molecular formula is C14H21N3O3S. The number of benzene rings is 1. The molecule has 1 aromatic carbocycles. The van der Waals surface area contributed by atoms with E-state index in [0.717, 1.165) is 5.56 Å². The van der Waals surface area contributed by atoms with Crippen LogP contribution in [0.3, 0.4) is 0 Å². The second-order valence-electron chi connectivity index (χ2n) is 5.34. The molecule has 1 aliphatic rings. The summed E-state index contributed by atoms with van der Waals surface area (Å²) in [4.78, 5) is 13.7. The normalized spacial score (nSPS) is 19.6. The van der Waals surface area contributed by atoms with Crippen molar-refractivity contribution >= 4 is 21.6 Å². The lowest BCUT2D eigenvalue weighted by Crippen LogP contribution is -2.37. The van der Waals surface area contributed by atoms with Crippen molar-refractivity contribution in [1.82, 2.24) is 4.90 Å². The monoisotopic (exact) mass is 311 g/mol. The van der Waals surface area contributed by atoms with E-state index in [9.17, 15) is 13.2 Å². The van der Waals surface area contributed by atoms with E-state index in [0.29, 0.717) is 18.7 Å². The van der Waals surface area contributed by atoms with Crippen LogP contribution in [0.15, 0.2) is 24.3 Å². The lowest BCUT2D eigenvalue weighted by Gasteiger charge is -2.20. The fraction of sp³-hybridized carbons (Fsp3) is 0.500. The highest BCUT2D eigenvalue weighted by Crippen LogP contribution is 2.16. The number of urea groups is 1. The molecule has 0 bridgehead atoms. The highest BCUT2D eigenvalue weighted by Gasteiger charge is 2.22. The lowest BCUT2D eigenvalue weighted by atomic mass is 10.1. The van der Waals surface area contributed by atoms with Gasteiger partial charge in [0.25, 0.3) is 0 Å². The first-order valence-corrected chi connectivity index (χ1v) is 8.81. The van der Waals surface area contributed by atoms with Gasteiger partial charge in [-0.15, -0.1) is 0 Å². The van der Waals surface area contributed by atoms with Gasteiger partial charge in [0.1, 0.15) is 0 Å². The Morgan fingerprint density at radius 3 is 2.81 bits per heavy atom. The number of nitrogens with two attached hydrogens (primary N) is 1. The average Bonchev–Trinajstić information content (AvgIpc) is 2.60. The molecule has 0 aromatic heterocycles. The van der Waals surface area contributed by atoms with Gasteiger partial charge >= 0.3 is 6.03 Å². The molecule has 0 saturated carbocycles. The Balaban J connectivity index is 2.02. The van der Waals surface area contributed by atoms with E-state index in [2.05, 4.69) is 5.32 Å². The molecule has 0 radical (unpaired) electrons. The third-order valence-corrected chi connectivity index (χ3v) is 5.22. The van der Waals surface area contributed by atoms with E-state index in [-0.39, 0.29) is 30.1 Å². The van der Waals surface area contributed by atoms with Crippen LogP contribution in [0.5, 0.6) is 0 Å². The van der Waals surface area contributed by atoms with Gasteiger partial charge < -0.3 is 16.0 Å². The summed E-state index contributed by atoms with van der Waals surface area (Å²) in [5.41, 5.74) is 7.42. The third kappa shape index (κ3) is 4.44. The summed E-state index contributed by atoms with van der Waals surface area (Å²) in [5.74, 6) is 0.178. The molecule has 0 aliphatic carbocycles. The number of rotatable bonds is 2. The van der Waals surface area contributed by atoms with Crippen LogP contribution in [0.25, 0.3) is 0 Å². The topological polar surface area (TPSA) is 92.5 Å². The minimum atomic E-state index is -3.01. The third-order valence-electron chi connectivity index (χ3n) is 3.51. The molecule has 3 N–H and O–H groups in total. The molecule has 6 nitrogen and oxygen atoms in total. The van der Waals surface area contributed by atoms with Crippen LogP contribution in [0.1, 0.15) is 24.9 Å². The number of sulfone groups is 1. The highest BCUT2D eigenvalue weighted by atomic mass is 32.2. The van der Waals surface area contributed by atoms with Crippen LogP contribution in [-0.4, -0.2) is 43.9 Å². The molecular weight excluding hydrogens is 290 g/mol. The number of anilines is 1. The molecule has 1 aromatic rings. The van der Waals surface area contributed by atoms with Crippen molar-refractivity contribution in [1.29, 1.82) is 0 Å². The molecule has 1 saturated heterocycles. The molecule has 2 rings (SSSR count). The van der Waals surface area contributed by atoms with Gasteiger partial charge in [-0.05, 0) is 31.0 Å². The Morgan fingerprint density at radius 2 is 2.10 bits per heavy atom. The molecule has 7 heteroatoms. The first-order valence-electron chi connectivity index (χ1n) is 6.99. The molecule has 1 unspecified atom stereocenters. The van der Waals surface area contributed by atoms with Crippen LogP contribution in [0.2, 0.25) is 0 Å². The summed E-state index contributed by atoms with van der Waals surface area (Å²) < 4.78 is 23.1. The zero-order valence-electron chi connectivity index (χ0n) is 12.1. The summed E-state index contributed by atoms with van der Waals surface area (Å²) in [6.45, 7) is 2.57. The van der Waals surface area contributed by atoms with Crippen LogP contribution >= 0.6 is 0 Å². The predicted octanol–water partition coefficient (Wildman–Crippen LogP) is 1.36. The predicted molar refractivity (Wildman–Crippen MR) is 82.9 cm³/mol. The number of carbonyl (C=O) groups excluding carboxylic acids is 1. The smallest absolute Gasteiger partial charge is 0.321 e. The second kappa shape index (κ2) is 6.44. The fourth-order valence-corrected chi connectivity index (χ4v) is 3.52. The molecule has 1 heterocycles. The zero-order chi connectivity index (χ0) is 15.5. The summed E-state index contributed by atoms with van der Waals surface area (Å²) >= 11 is 0. The number of hydrogen-bond acceptors (Lipinski definition) is 4. The van der Waals surface area contributed by atoms with E-state index in [1.165, 1.54) is 0 Å². The van der Waals surface area contributed by atoms with Gasteiger partial charge in [0.05, 0.1) is 11.5 Å². The summed E-state index contributed by atoms with van der Waals surface area (Å²) in [7, 11) is -3.01. The van der Waals surface area contributed by atoms with Crippen molar-refractivity contribution in [3.63, 3.8) is 0 Å². The zero-order valence-corrected chi connectivity index (χ0v) is 12.9. The summed E-state index contributed by atoms with van der Waals surface area (Å²) in [5, 5.41) is 2.80. The van der Waals surface area contributed by atoms with Crippen LogP contribution in [0.4, 0.5) is 10.5 Å². The van der Waals surface area contributed by atoms with E-state index in [1.54, 1.807) is 11.0 Å². The van der Waals surface area contributed by atoms with E-state index in [4.69, 9.17) is 5.73 Å². The maximum atomic E-state index is 12.2. The molecule has 116 valence electrons. The van der Waals surface area contributed by atoms with Gasteiger partial charge in [-0.1, -0.05) is 12.1 Å². The standard InChI is InChI=1S/C14H21N3O3S/c1-11(15)12-4-2-5-13(10-12)16-14(18)17-6-3-8-21(19,20)9-7-17/h2,4-5,10-11H,3,6-9,15H2,1H3,(H,16,18). The minimum Gasteiger partial charge on any atom is -0.324 e. The maximum absolute atomic E-state index is 12.2. The molecule has 0 spiro atoms. The van der Waals surface area contributed by atoms with Gasteiger partial charge in [-0.2, -0.15) is 0 Å². The van der Waals surface area contributed by atoms with Gasteiger partial charge in [-0.25, -0.2) is 13.2 Å². The Labute approximate surface area is 125 Å². The number of hydrogen-bond donors (Lipinski definition) is 2. The van der Waals surface area contributed by atoms with Crippen molar-refractivity contribution in [2.75, 3.05) is 29.9 Å². The van der Waals surface area contributed by atoms with Crippen molar-refractivity contribution in [3.05, 3.63) is 29.8 Å². The summed E-state index contributed by atoms with van der Waals surface area (Å²) in [6, 6.07) is 6.98.